The number of anilines is 1. The van der Waals surface area contributed by atoms with Crippen LogP contribution in [0.3, 0.4) is 0 Å². The SMILES string of the molecule is CCNC(=O)C(=N)N(C(=N)c1cc(C(C)C)c(OC)cc1O)c1ccc(CN2CCOCC2)c(F)c1. The molecule has 0 radical (unpaired) electrons. The van der Waals surface area contributed by atoms with E-state index < -0.39 is 17.6 Å². The van der Waals surface area contributed by atoms with E-state index in [9.17, 15) is 9.90 Å². The minimum absolute atomic E-state index is 0.0142. The summed E-state index contributed by atoms with van der Waals surface area (Å²) in [7, 11) is 1.49. The van der Waals surface area contributed by atoms with Crippen molar-refractivity contribution in [2.45, 2.75) is 33.2 Å². The van der Waals surface area contributed by atoms with Crippen LogP contribution in [0.1, 0.15) is 43.4 Å². The Kier molecular flexibility index (Phi) is 9.00. The molecule has 1 aliphatic rings. The van der Waals surface area contributed by atoms with E-state index in [1.807, 2.05) is 13.8 Å². The van der Waals surface area contributed by atoms with E-state index in [2.05, 4.69) is 10.2 Å². The highest BCUT2D eigenvalue weighted by Gasteiger charge is 2.28. The molecule has 10 heteroatoms. The summed E-state index contributed by atoms with van der Waals surface area (Å²) in [4.78, 5) is 15.7. The van der Waals surface area contributed by atoms with Crippen molar-refractivity contribution in [1.29, 1.82) is 10.8 Å². The van der Waals surface area contributed by atoms with Gasteiger partial charge in [0.2, 0.25) is 0 Å². The minimum Gasteiger partial charge on any atom is -0.507 e. The number of phenolic OH excluding ortho intramolecular Hbond substituents is 1. The van der Waals surface area contributed by atoms with Gasteiger partial charge in [0, 0.05) is 37.8 Å². The second-order valence-electron chi connectivity index (χ2n) is 8.82. The van der Waals surface area contributed by atoms with Crippen molar-refractivity contribution < 1.29 is 23.8 Å². The average Bonchev–Trinajstić information content (AvgIpc) is 2.85. The van der Waals surface area contributed by atoms with Gasteiger partial charge in [0.1, 0.15) is 23.2 Å². The number of morpholine rings is 1. The van der Waals surface area contributed by atoms with Gasteiger partial charge in [0.15, 0.2) is 5.84 Å². The molecule has 0 saturated carbocycles. The highest BCUT2D eigenvalue weighted by Crippen LogP contribution is 2.34. The average molecular weight is 500 g/mol. The molecule has 1 heterocycles. The molecule has 0 unspecified atom stereocenters. The number of likely N-dealkylation sites (N-methyl/N-ethyl adjacent to an activating group) is 1. The van der Waals surface area contributed by atoms with Gasteiger partial charge in [0.25, 0.3) is 5.91 Å². The first-order valence-corrected chi connectivity index (χ1v) is 11.9. The first kappa shape index (κ1) is 27.1. The van der Waals surface area contributed by atoms with E-state index in [0.717, 1.165) is 10.5 Å². The van der Waals surface area contributed by atoms with Gasteiger partial charge in [-0.15, -0.1) is 0 Å². The molecule has 9 nitrogen and oxygen atoms in total. The number of amidine groups is 2. The lowest BCUT2D eigenvalue weighted by Crippen LogP contribution is -2.46. The zero-order chi connectivity index (χ0) is 26.4. The number of carbonyl (C=O) groups is 1. The molecule has 0 aromatic heterocycles. The second kappa shape index (κ2) is 12.0. The summed E-state index contributed by atoms with van der Waals surface area (Å²) in [6.07, 6.45) is 0. The lowest BCUT2D eigenvalue weighted by atomic mass is 9.97. The molecule has 1 aliphatic heterocycles. The van der Waals surface area contributed by atoms with E-state index in [1.165, 1.54) is 19.2 Å². The molecule has 0 bridgehead atoms. The van der Waals surface area contributed by atoms with Crippen LogP contribution in [0, 0.1) is 16.6 Å². The number of benzene rings is 2. The standard InChI is InChI=1S/C26H34FN5O4/c1-5-30-26(34)25(29)32(24(28)20-13-19(16(2)3)23(35-4)14-22(20)33)18-7-6-17(21(27)12-18)15-31-8-10-36-11-9-31/h6-7,12-14,16,28-29,33H,5,8-11,15H2,1-4H3,(H,30,34). The molecule has 1 amide bonds. The van der Waals surface area contributed by atoms with Crippen LogP contribution in [0.15, 0.2) is 30.3 Å². The Morgan fingerprint density at radius 1 is 1.25 bits per heavy atom. The van der Waals surface area contributed by atoms with Crippen molar-refractivity contribution in [1.82, 2.24) is 10.2 Å². The lowest BCUT2D eigenvalue weighted by Gasteiger charge is -2.28. The minimum atomic E-state index is -0.725. The maximum Gasteiger partial charge on any atom is 0.287 e. The van der Waals surface area contributed by atoms with E-state index >= 15 is 4.39 Å². The number of aromatic hydroxyl groups is 1. The smallest absolute Gasteiger partial charge is 0.287 e. The first-order chi connectivity index (χ1) is 17.2. The van der Waals surface area contributed by atoms with E-state index in [-0.39, 0.29) is 35.3 Å². The third-order valence-electron chi connectivity index (χ3n) is 6.02. The third-order valence-corrected chi connectivity index (χ3v) is 6.02. The predicted octanol–water partition coefficient (Wildman–Crippen LogP) is 3.44. The fourth-order valence-electron chi connectivity index (χ4n) is 4.04. The monoisotopic (exact) mass is 499 g/mol. The Morgan fingerprint density at radius 2 is 1.94 bits per heavy atom. The summed E-state index contributed by atoms with van der Waals surface area (Å²) in [6, 6.07) is 7.38. The maximum absolute atomic E-state index is 15.2. The molecule has 0 spiro atoms. The number of hydrogen-bond acceptors (Lipinski definition) is 7. The van der Waals surface area contributed by atoms with Crippen molar-refractivity contribution >= 4 is 23.3 Å². The Bertz CT molecular complexity index is 1130. The Hall–Kier alpha value is -3.50. The van der Waals surface area contributed by atoms with Crippen LogP contribution in [0.4, 0.5) is 10.1 Å². The highest BCUT2D eigenvalue weighted by atomic mass is 19.1. The molecule has 0 atom stereocenters. The van der Waals surface area contributed by atoms with Crippen LogP contribution in [0.25, 0.3) is 0 Å². The Labute approximate surface area is 210 Å². The highest BCUT2D eigenvalue weighted by molar-refractivity contribution is 6.48. The molecule has 2 aromatic rings. The van der Waals surface area contributed by atoms with E-state index in [0.29, 0.717) is 44.2 Å². The number of carbonyl (C=O) groups excluding carboxylic acids is 1. The first-order valence-electron chi connectivity index (χ1n) is 11.9. The van der Waals surface area contributed by atoms with Crippen LogP contribution in [0.5, 0.6) is 11.5 Å². The Balaban J connectivity index is 2.03. The molecule has 36 heavy (non-hydrogen) atoms. The van der Waals surface area contributed by atoms with Crippen LogP contribution in [-0.4, -0.2) is 67.5 Å². The number of methoxy groups -OCH3 is 1. The number of phenols is 1. The molecule has 2 aromatic carbocycles. The van der Waals surface area contributed by atoms with Crippen molar-refractivity contribution in [3.63, 3.8) is 0 Å². The fraction of sp³-hybridized carbons (Fsp3) is 0.423. The number of amides is 1. The molecule has 0 aliphatic carbocycles. The summed E-state index contributed by atoms with van der Waals surface area (Å²) in [5.74, 6) is -1.92. The molecule has 4 N–H and O–H groups in total. The summed E-state index contributed by atoms with van der Waals surface area (Å²) in [6.45, 7) is 8.88. The van der Waals surface area contributed by atoms with Gasteiger partial charge in [-0.1, -0.05) is 19.9 Å². The number of nitrogens with zero attached hydrogens (tertiary/aromatic N) is 2. The second-order valence-corrected chi connectivity index (χ2v) is 8.82. The zero-order valence-electron chi connectivity index (χ0n) is 21.2. The van der Waals surface area contributed by atoms with Crippen molar-refractivity contribution in [2.75, 3.05) is 44.9 Å². The van der Waals surface area contributed by atoms with Gasteiger partial charge in [0.05, 0.1) is 31.6 Å². The quantitative estimate of drug-likeness (QED) is 0.342. The molecular weight excluding hydrogens is 465 g/mol. The largest absolute Gasteiger partial charge is 0.507 e. The zero-order valence-corrected chi connectivity index (χ0v) is 21.2. The topological polar surface area (TPSA) is 122 Å². The molecule has 1 saturated heterocycles. The van der Waals surface area contributed by atoms with Gasteiger partial charge < -0.3 is 19.9 Å². The lowest BCUT2D eigenvalue weighted by molar-refractivity contribution is -0.114. The van der Waals surface area contributed by atoms with E-state index in [1.54, 1.807) is 25.1 Å². The predicted molar refractivity (Wildman–Crippen MR) is 137 cm³/mol. The molecule has 1 fully saturated rings. The number of ether oxygens (including phenoxy) is 2. The van der Waals surface area contributed by atoms with Crippen LogP contribution in [-0.2, 0) is 16.1 Å². The fourth-order valence-corrected chi connectivity index (χ4v) is 4.04. The Morgan fingerprint density at radius 3 is 2.53 bits per heavy atom. The number of hydrogen-bond donors (Lipinski definition) is 4. The van der Waals surface area contributed by atoms with Crippen molar-refractivity contribution in [3.05, 3.63) is 52.8 Å². The summed E-state index contributed by atoms with van der Waals surface area (Å²) in [5.41, 5.74) is 1.42. The number of halogens is 1. The van der Waals surface area contributed by atoms with Gasteiger partial charge in [-0.3, -0.25) is 25.4 Å². The van der Waals surface area contributed by atoms with Gasteiger partial charge in [-0.05, 0) is 36.6 Å². The number of rotatable bonds is 7. The normalized spacial score (nSPS) is 13.9. The maximum atomic E-state index is 15.2. The molecule has 3 rings (SSSR count). The van der Waals surface area contributed by atoms with E-state index in [4.69, 9.17) is 20.3 Å². The van der Waals surface area contributed by atoms with Gasteiger partial charge >= 0.3 is 0 Å². The molecule has 194 valence electrons. The van der Waals surface area contributed by atoms with Gasteiger partial charge in [-0.25, -0.2) is 4.39 Å². The van der Waals surface area contributed by atoms with Crippen LogP contribution in [0.2, 0.25) is 0 Å². The van der Waals surface area contributed by atoms with Crippen molar-refractivity contribution in [2.24, 2.45) is 0 Å². The summed E-state index contributed by atoms with van der Waals surface area (Å²) < 4.78 is 25.9. The van der Waals surface area contributed by atoms with Crippen molar-refractivity contribution in [3.8, 4) is 11.5 Å². The van der Waals surface area contributed by atoms with Crippen LogP contribution >= 0.6 is 0 Å². The van der Waals surface area contributed by atoms with Gasteiger partial charge in [-0.2, -0.15) is 0 Å². The summed E-state index contributed by atoms with van der Waals surface area (Å²) in [5, 5.41) is 30.6. The number of nitrogens with one attached hydrogen (secondary N) is 3. The summed E-state index contributed by atoms with van der Waals surface area (Å²) >= 11 is 0. The third kappa shape index (κ3) is 6.00. The molecular formula is C26H34FN5O4. The van der Waals surface area contributed by atoms with Crippen LogP contribution < -0.4 is 15.0 Å².